The minimum Gasteiger partial charge on any atom is -0.388 e. The summed E-state index contributed by atoms with van der Waals surface area (Å²) in [4.78, 5) is 0. The smallest absolute Gasteiger partial charge is 0.0800 e. The number of aliphatic hydroxyl groups is 1. The van der Waals surface area contributed by atoms with Gasteiger partial charge in [-0.1, -0.05) is 13.8 Å². The molecule has 0 amide bonds. The fourth-order valence-electron chi connectivity index (χ4n) is 2.52. The van der Waals surface area contributed by atoms with Gasteiger partial charge in [0.25, 0.3) is 0 Å². The predicted molar refractivity (Wildman–Crippen MR) is 50.8 cm³/mol. The van der Waals surface area contributed by atoms with Crippen LogP contribution in [0.5, 0.6) is 0 Å². The molecule has 0 saturated heterocycles. The van der Waals surface area contributed by atoms with Gasteiger partial charge >= 0.3 is 0 Å². The van der Waals surface area contributed by atoms with E-state index in [4.69, 9.17) is 5.73 Å². The molecule has 1 rings (SSSR count). The highest BCUT2D eigenvalue weighted by Crippen LogP contribution is 2.37. The van der Waals surface area contributed by atoms with Crippen molar-refractivity contribution in [1.29, 1.82) is 0 Å². The highest BCUT2D eigenvalue weighted by Gasteiger charge is 2.38. The van der Waals surface area contributed by atoms with Crippen molar-refractivity contribution >= 4 is 0 Å². The number of rotatable bonds is 1. The SMILES string of the molecule is CC1CC(C)CC(O)(C(C)N)C1. The molecule has 3 unspecified atom stereocenters. The normalized spacial score (nSPS) is 45.8. The van der Waals surface area contributed by atoms with Gasteiger partial charge in [-0.2, -0.15) is 0 Å². The standard InChI is InChI=1S/C10H21NO/c1-7-4-8(2)6-10(12,5-7)9(3)11/h7-9,12H,4-6,11H2,1-3H3. The zero-order valence-electron chi connectivity index (χ0n) is 8.38. The Balaban J connectivity index is 2.65. The van der Waals surface area contributed by atoms with Crippen LogP contribution >= 0.6 is 0 Å². The zero-order chi connectivity index (χ0) is 9.35. The quantitative estimate of drug-likeness (QED) is 0.628. The summed E-state index contributed by atoms with van der Waals surface area (Å²) < 4.78 is 0. The van der Waals surface area contributed by atoms with E-state index < -0.39 is 5.60 Å². The molecule has 3 N–H and O–H groups in total. The van der Waals surface area contributed by atoms with Crippen LogP contribution in [0, 0.1) is 11.8 Å². The third kappa shape index (κ3) is 1.99. The Bertz CT molecular complexity index is 146. The van der Waals surface area contributed by atoms with Crippen LogP contribution in [0.2, 0.25) is 0 Å². The van der Waals surface area contributed by atoms with Crippen LogP contribution in [0.1, 0.15) is 40.0 Å². The van der Waals surface area contributed by atoms with Crippen LogP contribution in [-0.4, -0.2) is 16.7 Å². The molecule has 0 spiro atoms. The van der Waals surface area contributed by atoms with Gasteiger partial charge in [0.05, 0.1) is 5.60 Å². The lowest BCUT2D eigenvalue weighted by molar-refractivity contribution is -0.0467. The molecule has 0 heterocycles. The molecule has 72 valence electrons. The first-order valence-corrected chi connectivity index (χ1v) is 4.92. The summed E-state index contributed by atoms with van der Waals surface area (Å²) in [5.41, 5.74) is 5.18. The Morgan fingerprint density at radius 3 is 2.08 bits per heavy atom. The van der Waals surface area contributed by atoms with Crippen molar-refractivity contribution in [3.63, 3.8) is 0 Å². The number of nitrogens with two attached hydrogens (primary N) is 1. The van der Waals surface area contributed by atoms with Gasteiger partial charge in [-0.15, -0.1) is 0 Å². The molecule has 1 saturated carbocycles. The molecular weight excluding hydrogens is 150 g/mol. The maximum atomic E-state index is 10.2. The Hall–Kier alpha value is -0.0800. The van der Waals surface area contributed by atoms with Crippen molar-refractivity contribution in [2.75, 3.05) is 0 Å². The molecule has 0 radical (unpaired) electrons. The lowest BCUT2D eigenvalue weighted by Gasteiger charge is -2.41. The molecule has 1 aliphatic carbocycles. The molecule has 1 aliphatic rings. The summed E-state index contributed by atoms with van der Waals surface area (Å²) in [5, 5.41) is 10.2. The van der Waals surface area contributed by atoms with E-state index in [1.807, 2.05) is 6.92 Å². The van der Waals surface area contributed by atoms with E-state index in [2.05, 4.69) is 13.8 Å². The van der Waals surface area contributed by atoms with Gasteiger partial charge in [-0.05, 0) is 38.0 Å². The third-order valence-corrected chi connectivity index (χ3v) is 3.06. The minimum atomic E-state index is -0.600. The molecule has 1 fully saturated rings. The van der Waals surface area contributed by atoms with E-state index in [0.717, 1.165) is 12.8 Å². The first-order valence-electron chi connectivity index (χ1n) is 4.92. The first-order chi connectivity index (χ1) is 5.44. The predicted octanol–water partition coefficient (Wildman–Crippen LogP) is 1.52. The van der Waals surface area contributed by atoms with Crippen molar-refractivity contribution in [1.82, 2.24) is 0 Å². The van der Waals surface area contributed by atoms with E-state index in [-0.39, 0.29) is 6.04 Å². The second-order valence-electron chi connectivity index (χ2n) is 4.75. The molecule has 12 heavy (non-hydrogen) atoms. The average molecular weight is 171 g/mol. The summed E-state index contributed by atoms with van der Waals surface area (Å²) in [5.74, 6) is 1.23. The van der Waals surface area contributed by atoms with Gasteiger partial charge in [0.2, 0.25) is 0 Å². The van der Waals surface area contributed by atoms with Gasteiger partial charge in [0.15, 0.2) is 0 Å². The van der Waals surface area contributed by atoms with Crippen LogP contribution in [0.3, 0.4) is 0 Å². The lowest BCUT2D eigenvalue weighted by atomic mass is 9.71. The summed E-state index contributed by atoms with van der Waals surface area (Å²) in [6.45, 7) is 6.30. The van der Waals surface area contributed by atoms with Gasteiger partial charge in [0.1, 0.15) is 0 Å². The number of hydrogen-bond donors (Lipinski definition) is 2. The van der Waals surface area contributed by atoms with Gasteiger partial charge in [0, 0.05) is 6.04 Å². The first kappa shape index (κ1) is 10.0. The summed E-state index contributed by atoms with van der Waals surface area (Å²) in [6, 6.07) is -0.0947. The van der Waals surface area contributed by atoms with Crippen LogP contribution in [0.15, 0.2) is 0 Å². The monoisotopic (exact) mass is 171 g/mol. The number of hydrogen-bond acceptors (Lipinski definition) is 2. The largest absolute Gasteiger partial charge is 0.388 e. The topological polar surface area (TPSA) is 46.2 Å². The molecule has 3 atom stereocenters. The van der Waals surface area contributed by atoms with Crippen LogP contribution in [0.25, 0.3) is 0 Å². The Morgan fingerprint density at radius 1 is 1.33 bits per heavy atom. The highest BCUT2D eigenvalue weighted by molar-refractivity contribution is 4.93. The molecular formula is C10H21NO. The maximum Gasteiger partial charge on any atom is 0.0800 e. The van der Waals surface area contributed by atoms with Gasteiger partial charge in [-0.25, -0.2) is 0 Å². The van der Waals surface area contributed by atoms with E-state index in [0.29, 0.717) is 11.8 Å². The highest BCUT2D eigenvalue weighted by atomic mass is 16.3. The van der Waals surface area contributed by atoms with Crippen molar-refractivity contribution in [2.24, 2.45) is 17.6 Å². The second-order valence-corrected chi connectivity index (χ2v) is 4.75. The Kier molecular flexibility index (Phi) is 2.79. The summed E-state index contributed by atoms with van der Waals surface area (Å²) >= 11 is 0. The summed E-state index contributed by atoms with van der Waals surface area (Å²) in [7, 11) is 0. The van der Waals surface area contributed by atoms with E-state index >= 15 is 0 Å². The van der Waals surface area contributed by atoms with Crippen LogP contribution in [-0.2, 0) is 0 Å². The molecule has 2 heteroatoms. The molecule has 0 bridgehead atoms. The van der Waals surface area contributed by atoms with Crippen molar-refractivity contribution in [3.8, 4) is 0 Å². The van der Waals surface area contributed by atoms with E-state index in [1.54, 1.807) is 0 Å². The average Bonchev–Trinajstić information content (AvgIpc) is 1.82. The Morgan fingerprint density at radius 2 is 1.75 bits per heavy atom. The van der Waals surface area contributed by atoms with Crippen LogP contribution < -0.4 is 5.73 Å². The van der Waals surface area contributed by atoms with E-state index in [9.17, 15) is 5.11 Å². The van der Waals surface area contributed by atoms with Crippen LogP contribution in [0.4, 0.5) is 0 Å². The van der Waals surface area contributed by atoms with Gasteiger partial charge < -0.3 is 10.8 Å². The van der Waals surface area contributed by atoms with Gasteiger partial charge in [-0.3, -0.25) is 0 Å². The third-order valence-electron chi connectivity index (χ3n) is 3.06. The van der Waals surface area contributed by atoms with E-state index in [1.165, 1.54) is 6.42 Å². The molecule has 0 aromatic carbocycles. The zero-order valence-corrected chi connectivity index (χ0v) is 8.38. The van der Waals surface area contributed by atoms with Crippen molar-refractivity contribution in [2.45, 2.75) is 51.7 Å². The fraction of sp³-hybridized carbons (Fsp3) is 1.00. The molecule has 0 aromatic heterocycles. The minimum absolute atomic E-state index is 0.0947. The maximum absolute atomic E-state index is 10.2. The molecule has 0 aliphatic heterocycles. The molecule has 2 nitrogen and oxygen atoms in total. The fourth-order valence-corrected chi connectivity index (χ4v) is 2.52. The van der Waals surface area contributed by atoms with Crippen molar-refractivity contribution in [3.05, 3.63) is 0 Å². The second kappa shape index (κ2) is 3.35. The summed E-state index contributed by atoms with van der Waals surface area (Å²) in [6.07, 6.45) is 2.97. The lowest BCUT2D eigenvalue weighted by Crippen LogP contribution is -2.50. The molecule has 0 aromatic rings. The Labute approximate surface area is 75.2 Å². The van der Waals surface area contributed by atoms with Crippen molar-refractivity contribution < 1.29 is 5.11 Å².